The lowest BCUT2D eigenvalue weighted by atomic mass is 10.1. The van der Waals surface area contributed by atoms with Gasteiger partial charge in [-0.2, -0.15) is 5.26 Å². The number of thiazole rings is 1. The summed E-state index contributed by atoms with van der Waals surface area (Å²) in [6.45, 7) is 0.464. The van der Waals surface area contributed by atoms with Gasteiger partial charge in [0.2, 0.25) is 5.88 Å². The molecule has 1 aromatic carbocycles. The van der Waals surface area contributed by atoms with Crippen LogP contribution in [-0.2, 0) is 9.47 Å². The maximum Gasteiger partial charge on any atom is 0.212 e. The normalized spacial score (nSPS) is 24.2. The lowest BCUT2D eigenvalue weighted by molar-refractivity contribution is 0.00789. The number of hydrogen-bond acceptors (Lipinski definition) is 8. The number of nitriles is 1. The molecule has 2 N–H and O–H groups in total. The Hall–Kier alpha value is -3.00. The van der Waals surface area contributed by atoms with Crippen LogP contribution in [0.5, 0.6) is 5.88 Å². The molecular weight excluding hydrogens is 464 g/mol. The fourth-order valence-electron chi connectivity index (χ4n) is 4.31. The van der Waals surface area contributed by atoms with E-state index in [1.165, 1.54) is 0 Å². The average molecular weight is 481 g/mol. The molecular formula is C23H17ClN4O4S. The summed E-state index contributed by atoms with van der Waals surface area (Å²) in [4.78, 5) is 12.1. The monoisotopic (exact) mass is 480 g/mol. The van der Waals surface area contributed by atoms with Gasteiger partial charge in [-0.15, -0.1) is 11.3 Å². The molecule has 0 bridgehead atoms. The number of aliphatic hydroxyl groups excluding tert-OH is 1. The minimum absolute atomic E-state index is 0.203. The highest BCUT2D eigenvalue weighted by Gasteiger charge is 2.48. The van der Waals surface area contributed by atoms with E-state index < -0.39 is 18.3 Å². The molecule has 4 atom stereocenters. The van der Waals surface area contributed by atoms with Gasteiger partial charge in [-0.05, 0) is 6.07 Å². The Bertz CT molecular complexity index is 1370. The third kappa shape index (κ3) is 3.47. The fourth-order valence-corrected chi connectivity index (χ4v) is 5.13. The Labute approximate surface area is 197 Å². The standard InChI is InChI=1S/C23H17ClN4O4S/c24-14-5-15-20(28-19(14)12-3-1-11(2-4-12)16-9-33-10-26-16)13(6-25)23(27-15)32-18-8-31-21-17(29)7-30-22(18)21/h1-5,9-10,17-18,21-22,27,29H,7-8H2/t17-,18-,21-,22-/m1/s1. The fraction of sp³-hybridized carbons (Fsp3) is 0.261. The van der Waals surface area contributed by atoms with Crippen LogP contribution in [0.1, 0.15) is 5.56 Å². The van der Waals surface area contributed by atoms with Crippen molar-refractivity contribution in [3.63, 3.8) is 0 Å². The summed E-state index contributed by atoms with van der Waals surface area (Å²) in [5.74, 6) is 0.284. The van der Waals surface area contributed by atoms with Crippen molar-refractivity contribution in [2.24, 2.45) is 0 Å². The lowest BCUT2D eigenvalue weighted by Gasteiger charge is -2.16. The maximum atomic E-state index is 9.95. The summed E-state index contributed by atoms with van der Waals surface area (Å²) in [6, 6.07) is 11.7. The van der Waals surface area contributed by atoms with Gasteiger partial charge < -0.3 is 24.3 Å². The Balaban J connectivity index is 1.34. The molecule has 2 saturated heterocycles. The first-order valence-electron chi connectivity index (χ1n) is 10.3. The number of nitrogens with zero attached hydrogens (tertiary/aromatic N) is 3. The molecule has 33 heavy (non-hydrogen) atoms. The third-order valence-electron chi connectivity index (χ3n) is 5.94. The second-order valence-electron chi connectivity index (χ2n) is 7.93. The van der Waals surface area contributed by atoms with Crippen LogP contribution < -0.4 is 4.74 Å². The van der Waals surface area contributed by atoms with Gasteiger partial charge in [0.15, 0.2) is 6.10 Å². The van der Waals surface area contributed by atoms with Gasteiger partial charge in [0.1, 0.15) is 35.5 Å². The van der Waals surface area contributed by atoms with Crippen LogP contribution in [0, 0.1) is 11.3 Å². The molecule has 0 amide bonds. The van der Waals surface area contributed by atoms with Gasteiger partial charge in [0.25, 0.3) is 0 Å². The summed E-state index contributed by atoms with van der Waals surface area (Å²) in [7, 11) is 0. The number of rotatable bonds is 4. The van der Waals surface area contributed by atoms with Crippen molar-refractivity contribution in [2.45, 2.75) is 24.4 Å². The van der Waals surface area contributed by atoms with E-state index in [0.717, 1.165) is 16.8 Å². The van der Waals surface area contributed by atoms with E-state index in [0.29, 0.717) is 21.7 Å². The summed E-state index contributed by atoms with van der Waals surface area (Å²) >= 11 is 8.10. The average Bonchev–Trinajstić information content (AvgIpc) is 3.60. The molecule has 5 heterocycles. The zero-order chi connectivity index (χ0) is 22.5. The molecule has 2 aliphatic heterocycles. The second kappa shape index (κ2) is 8.09. The number of pyridine rings is 1. The molecule has 2 fully saturated rings. The SMILES string of the molecule is N#Cc1c(O[C@@H]2CO[C@H]3[C@@H]2OC[C@H]3O)[nH]c2cc(Cl)c(-c3ccc(-c4cscn4)cc3)nc12. The van der Waals surface area contributed by atoms with Gasteiger partial charge >= 0.3 is 0 Å². The molecule has 0 spiro atoms. The minimum Gasteiger partial charge on any atom is -0.469 e. The van der Waals surface area contributed by atoms with Crippen LogP contribution in [0.15, 0.2) is 41.2 Å². The highest BCUT2D eigenvalue weighted by Crippen LogP contribution is 2.36. The van der Waals surface area contributed by atoms with Crippen molar-refractivity contribution in [3.05, 3.63) is 51.8 Å². The summed E-state index contributed by atoms with van der Waals surface area (Å²) in [6.07, 6.45) is -1.93. The Morgan fingerprint density at radius 1 is 1.18 bits per heavy atom. The van der Waals surface area contributed by atoms with E-state index >= 15 is 0 Å². The number of aromatic nitrogens is 3. The number of H-pyrrole nitrogens is 1. The Morgan fingerprint density at radius 3 is 2.73 bits per heavy atom. The molecule has 3 aromatic heterocycles. The molecule has 166 valence electrons. The molecule has 0 aliphatic carbocycles. The Kier molecular flexibility index (Phi) is 5.05. The van der Waals surface area contributed by atoms with E-state index in [9.17, 15) is 10.4 Å². The number of hydrogen-bond donors (Lipinski definition) is 2. The molecule has 8 nitrogen and oxygen atoms in total. The zero-order valence-electron chi connectivity index (χ0n) is 17.1. The van der Waals surface area contributed by atoms with Crippen molar-refractivity contribution in [1.29, 1.82) is 5.26 Å². The van der Waals surface area contributed by atoms with Crippen LogP contribution >= 0.6 is 22.9 Å². The van der Waals surface area contributed by atoms with Gasteiger partial charge in [0, 0.05) is 16.5 Å². The largest absolute Gasteiger partial charge is 0.469 e. The number of nitrogens with one attached hydrogen (secondary N) is 1. The Morgan fingerprint density at radius 2 is 1.97 bits per heavy atom. The van der Waals surface area contributed by atoms with E-state index in [1.807, 2.05) is 29.6 Å². The quantitative estimate of drug-likeness (QED) is 0.457. The van der Waals surface area contributed by atoms with E-state index in [-0.39, 0.29) is 30.8 Å². The number of aromatic amines is 1. The van der Waals surface area contributed by atoms with Crippen molar-refractivity contribution in [2.75, 3.05) is 13.2 Å². The van der Waals surface area contributed by atoms with Crippen LogP contribution in [0.2, 0.25) is 5.02 Å². The van der Waals surface area contributed by atoms with Crippen LogP contribution in [0.4, 0.5) is 0 Å². The molecule has 0 unspecified atom stereocenters. The molecule has 0 radical (unpaired) electrons. The number of benzene rings is 1. The van der Waals surface area contributed by atoms with E-state index in [1.54, 1.807) is 22.9 Å². The van der Waals surface area contributed by atoms with Gasteiger partial charge in [0.05, 0.1) is 40.7 Å². The first-order chi connectivity index (χ1) is 16.1. The predicted molar refractivity (Wildman–Crippen MR) is 122 cm³/mol. The highest BCUT2D eigenvalue weighted by atomic mass is 35.5. The second-order valence-corrected chi connectivity index (χ2v) is 9.05. The van der Waals surface area contributed by atoms with Crippen molar-refractivity contribution >= 4 is 34.0 Å². The highest BCUT2D eigenvalue weighted by molar-refractivity contribution is 7.07. The minimum atomic E-state index is -0.674. The summed E-state index contributed by atoms with van der Waals surface area (Å²) in [5, 5.41) is 22.2. The topological polar surface area (TPSA) is 113 Å². The number of aliphatic hydroxyl groups is 1. The zero-order valence-corrected chi connectivity index (χ0v) is 18.6. The smallest absolute Gasteiger partial charge is 0.212 e. The van der Waals surface area contributed by atoms with E-state index in [2.05, 4.69) is 16.0 Å². The van der Waals surface area contributed by atoms with Crippen molar-refractivity contribution in [1.82, 2.24) is 15.0 Å². The van der Waals surface area contributed by atoms with Crippen molar-refractivity contribution in [3.8, 4) is 34.5 Å². The first kappa shape index (κ1) is 20.6. The predicted octanol–water partition coefficient (Wildman–Crippen LogP) is 3.78. The number of halogens is 1. The molecule has 2 aliphatic rings. The lowest BCUT2D eigenvalue weighted by Crippen LogP contribution is -2.34. The molecule has 4 aromatic rings. The molecule has 0 saturated carbocycles. The third-order valence-corrected chi connectivity index (χ3v) is 6.81. The van der Waals surface area contributed by atoms with Gasteiger partial charge in [-0.25, -0.2) is 9.97 Å². The number of ether oxygens (including phenoxy) is 3. The maximum absolute atomic E-state index is 9.95. The molecule has 10 heteroatoms. The van der Waals surface area contributed by atoms with Gasteiger partial charge in [-0.1, -0.05) is 35.9 Å². The van der Waals surface area contributed by atoms with Crippen LogP contribution in [-0.4, -0.2) is 57.7 Å². The van der Waals surface area contributed by atoms with Crippen LogP contribution in [0.3, 0.4) is 0 Å². The number of fused-ring (bicyclic) bond motifs is 2. The summed E-state index contributed by atoms with van der Waals surface area (Å²) < 4.78 is 17.3. The first-order valence-corrected chi connectivity index (χ1v) is 11.6. The van der Waals surface area contributed by atoms with Crippen LogP contribution in [0.25, 0.3) is 33.5 Å². The molecule has 6 rings (SSSR count). The van der Waals surface area contributed by atoms with Gasteiger partial charge in [-0.3, -0.25) is 0 Å². The van der Waals surface area contributed by atoms with Crippen molar-refractivity contribution < 1.29 is 19.3 Å². The van der Waals surface area contributed by atoms with E-state index in [4.69, 9.17) is 30.8 Å². The summed E-state index contributed by atoms with van der Waals surface area (Å²) in [5.41, 5.74) is 6.46.